The summed E-state index contributed by atoms with van der Waals surface area (Å²) in [5, 5.41) is 12.7. The van der Waals surface area contributed by atoms with Crippen LogP contribution in [0.15, 0.2) is 218 Å². The molecule has 0 spiro atoms. The van der Waals surface area contributed by atoms with E-state index in [-0.39, 0.29) is 0 Å². The zero-order valence-corrected chi connectivity index (χ0v) is 30.8. The van der Waals surface area contributed by atoms with Gasteiger partial charge in [0.2, 0.25) is 0 Å². The van der Waals surface area contributed by atoms with Gasteiger partial charge in [-0.05, 0) is 128 Å². The van der Waals surface area contributed by atoms with E-state index in [0.29, 0.717) is 0 Å². The lowest BCUT2D eigenvalue weighted by molar-refractivity contribution is 1.57. The van der Waals surface area contributed by atoms with Crippen LogP contribution in [0.25, 0.3) is 109 Å². The van der Waals surface area contributed by atoms with E-state index < -0.39 is 0 Å². The summed E-state index contributed by atoms with van der Waals surface area (Å²) < 4.78 is 0. The Morgan fingerprint density at radius 1 is 0.161 bits per heavy atom. The summed E-state index contributed by atoms with van der Waals surface area (Å²) >= 11 is 0. The molecule has 0 saturated heterocycles. The van der Waals surface area contributed by atoms with Gasteiger partial charge < -0.3 is 0 Å². The van der Waals surface area contributed by atoms with Crippen molar-refractivity contribution in [1.29, 1.82) is 0 Å². The molecule has 0 bridgehead atoms. The zero-order valence-electron chi connectivity index (χ0n) is 30.8. The number of hydrogen-bond donors (Lipinski definition) is 0. The predicted octanol–water partition coefficient (Wildman–Crippen LogP) is 15.8. The Morgan fingerprint density at radius 3 is 1.12 bits per heavy atom. The summed E-state index contributed by atoms with van der Waals surface area (Å²) in [6.07, 6.45) is 0. The quantitative estimate of drug-likeness (QED) is 0.123. The molecule has 0 heteroatoms. The van der Waals surface area contributed by atoms with Crippen LogP contribution in [0.2, 0.25) is 0 Å². The third kappa shape index (κ3) is 5.22. The van der Waals surface area contributed by atoms with Crippen LogP contribution in [0.3, 0.4) is 0 Å². The largest absolute Gasteiger partial charge is 0.0622 e. The lowest BCUT2D eigenvalue weighted by Gasteiger charge is -2.21. The van der Waals surface area contributed by atoms with Crippen molar-refractivity contribution in [2.24, 2.45) is 0 Å². The van der Waals surface area contributed by atoms with Crippen LogP contribution in [-0.2, 0) is 0 Å². The predicted molar refractivity (Wildman–Crippen MR) is 241 cm³/mol. The van der Waals surface area contributed by atoms with E-state index >= 15 is 0 Å². The second-order valence-electron chi connectivity index (χ2n) is 14.8. The van der Waals surface area contributed by atoms with Crippen LogP contribution >= 0.6 is 0 Å². The van der Waals surface area contributed by atoms with Crippen molar-refractivity contribution in [2.75, 3.05) is 0 Å². The first-order valence-corrected chi connectivity index (χ1v) is 19.4. The normalized spacial score (nSPS) is 11.6. The maximum atomic E-state index is 2.44. The van der Waals surface area contributed by atoms with E-state index in [1.165, 1.54) is 109 Å². The van der Waals surface area contributed by atoms with Gasteiger partial charge in [-0.3, -0.25) is 0 Å². The molecule has 0 nitrogen and oxygen atoms in total. The second-order valence-corrected chi connectivity index (χ2v) is 14.8. The minimum Gasteiger partial charge on any atom is -0.0622 e. The van der Waals surface area contributed by atoms with Crippen molar-refractivity contribution in [2.45, 2.75) is 0 Å². The van der Waals surface area contributed by atoms with Gasteiger partial charge >= 0.3 is 0 Å². The summed E-state index contributed by atoms with van der Waals surface area (Å²) in [5.74, 6) is 0. The molecule has 0 radical (unpaired) electrons. The molecule has 11 aromatic carbocycles. The molecule has 0 atom stereocenters. The molecule has 0 heterocycles. The number of fused-ring (bicyclic) bond motifs is 8. The van der Waals surface area contributed by atoms with Crippen molar-refractivity contribution in [3.8, 4) is 55.6 Å². The monoisotopic (exact) mass is 708 g/mol. The van der Waals surface area contributed by atoms with Crippen LogP contribution in [-0.4, -0.2) is 0 Å². The van der Waals surface area contributed by atoms with Crippen LogP contribution in [0.4, 0.5) is 0 Å². The molecule has 0 unspecified atom stereocenters. The molecular weight excluding hydrogens is 673 g/mol. The fourth-order valence-electron chi connectivity index (χ4n) is 9.10. The summed E-state index contributed by atoms with van der Waals surface area (Å²) in [4.78, 5) is 0. The maximum absolute atomic E-state index is 2.44. The minimum atomic E-state index is 1.19. The highest BCUT2D eigenvalue weighted by Gasteiger charge is 2.20. The van der Waals surface area contributed by atoms with Crippen molar-refractivity contribution < 1.29 is 0 Å². The molecule has 0 aliphatic heterocycles. The van der Waals surface area contributed by atoms with E-state index in [2.05, 4.69) is 218 Å². The Balaban J connectivity index is 1.23. The number of hydrogen-bond acceptors (Lipinski definition) is 0. The Kier molecular flexibility index (Phi) is 7.60. The van der Waals surface area contributed by atoms with Gasteiger partial charge in [0.1, 0.15) is 0 Å². The fraction of sp³-hybridized carbons (Fsp3) is 0. The van der Waals surface area contributed by atoms with Gasteiger partial charge in [0.15, 0.2) is 0 Å². The fourth-order valence-corrected chi connectivity index (χ4v) is 9.10. The molecule has 56 heavy (non-hydrogen) atoms. The average molecular weight is 709 g/mol. The zero-order chi connectivity index (χ0) is 37.0. The summed E-state index contributed by atoms with van der Waals surface area (Å²) in [6.45, 7) is 0. The molecule has 0 amide bonds. The Bertz CT molecular complexity index is 3190. The van der Waals surface area contributed by atoms with E-state index in [4.69, 9.17) is 0 Å². The van der Waals surface area contributed by atoms with Gasteiger partial charge in [-0.2, -0.15) is 0 Å². The first kappa shape index (κ1) is 32.2. The minimum absolute atomic E-state index is 1.19. The van der Waals surface area contributed by atoms with Crippen molar-refractivity contribution in [3.05, 3.63) is 218 Å². The number of rotatable bonds is 5. The van der Waals surface area contributed by atoms with E-state index in [9.17, 15) is 0 Å². The van der Waals surface area contributed by atoms with Gasteiger partial charge in [0, 0.05) is 0 Å². The van der Waals surface area contributed by atoms with Crippen LogP contribution in [0.1, 0.15) is 0 Å². The Labute approximate surface area is 326 Å². The topological polar surface area (TPSA) is 0 Å². The van der Waals surface area contributed by atoms with Crippen LogP contribution < -0.4 is 0 Å². The molecule has 0 aliphatic carbocycles. The van der Waals surface area contributed by atoms with Gasteiger partial charge in [-0.25, -0.2) is 0 Å². The highest BCUT2D eigenvalue weighted by Crippen LogP contribution is 2.48. The van der Waals surface area contributed by atoms with Gasteiger partial charge in [-0.1, -0.05) is 200 Å². The molecule has 260 valence electrons. The molecule has 0 fully saturated rings. The molecule has 0 aliphatic rings. The SMILES string of the molecule is c1ccc(-c2cccc(-c3ccc(-c4ccc5c6ccccc6c6ccccc6c5c4)c(-c4c5ccccc5c(-c5ccccc5)c5ccccc45)c3)c2)cc1. The molecule has 0 aromatic heterocycles. The van der Waals surface area contributed by atoms with Crippen LogP contribution in [0, 0.1) is 0 Å². The van der Waals surface area contributed by atoms with E-state index in [1.54, 1.807) is 0 Å². The molecule has 11 aromatic rings. The Morgan fingerprint density at radius 2 is 0.554 bits per heavy atom. The summed E-state index contributed by atoms with van der Waals surface area (Å²) in [7, 11) is 0. The van der Waals surface area contributed by atoms with Crippen molar-refractivity contribution in [1.82, 2.24) is 0 Å². The van der Waals surface area contributed by atoms with Gasteiger partial charge in [0.05, 0.1) is 0 Å². The van der Waals surface area contributed by atoms with Crippen molar-refractivity contribution >= 4 is 53.9 Å². The first-order valence-electron chi connectivity index (χ1n) is 19.4. The lowest BCUT2D eigenvalue weighted by Crippen LogP contribution is -1.94. The molecule has 0 saturated carbocycles. The third-order valence-corrected chi connectivity index (χ3v) is 11.6. The highest BCUT2D eigenvalue weighted by molar-refractivity contribution is 6.26. The van der Waals surface area contributed by atoms with E-state index in [1.807, 2.05) is 0 Å². The molecular formula is C56H36. The summed E-state index contributed by atoms with van der Waals surface area (Å²) in [5.41, 5.74) is 12.2. The van der Waals surface area contributed by atoms with Gasteiger partial charge in [-0.15, -0.1) is 0 Å². The summed E-state index contributed by atoms with van der Waals surface area (Å²) in [6, 6.07) is 80.4. The van der Waals surface area contributed by atoms with E-state index in [0.717, 1.165) is 0 Å². The highest BCUT2D eigenvalue weighted by atomic mass is 14.2. The molecule has 0 N–H and O–H groups in total. The lowest BCUT2D eigenvalue weighted by atomic mass is 9.82. The third-order valence-electron chi connectivity index (χ3n) is 11.6. The first-order chi connectivity index (χ1) is 27.8. The maximum Gasteiger partial charge on any atom is -0.00199 e. The second kappa shape index (κ2) is 13.2. The Hall–Kier alpha value is -7.28. The van der Waals surface area contributed by atoms with Crippen LogP contribution in [0.5, 0.6) is 0 Å². The smallest absolute Gasteiger partial charge is 0.00199 e. The number of benzene rings is 11. The van der Waals surface area contributed by atoms with Crippen molar-refractivity contribution in [3.63, 3.8) is 0 Å². The van der Waals surface area contributed by atoms with Gasteiger partial charge in [0.25, 0.3) is 0 Å². The average Bonchev–Trinajstić information content (AvgIpc) is 3.28. The standard InChI is InChI=1S/C56H36/c1-3-16-37(17-4-1)39-20-15-21-40(34-39)41-30-32-43(42-31-33-48-46-24-8-7-22-44(46)45-23-9-10-25-47(45)53(48)36-42)54(35-41)56-51-28-13-11-26-49(51)55(38-18-5-2-6-19-38)50-27-12-14-29-52(50)56/h1-36H. The molecule has 11 rings (SSSR count).